The van der Waals surface area contributed by atoms with Crippen LogP contribution in [-0.2, 0) is 6.54 Å². The summed E-state index contributed by atoms with van der Waals surface area (Å²) in [4.78, 5) is 20.9. The Hall–Kier alpha value is -3.10. The number of piperazine rings is 1. The minimum absolute atomic E-state index is 0.114. The lowest BCUT2D eigenvalue weighted by atomic mass is 10.2. The van der Waals surface area contributed by atoms with E-state index in [-0.39, 0.29) is 6.03 Å². The van der Waals surface area contributed by atoms with Gasteiger partial charge in [-0.15, -0.1) is 0 Å². The largest absolute Gasteiger partial charge is 0.497 e. The number of ether oxygens (including phenoxy) is 1. The summed E-state index contributed by atoms with van der Waals surface area (Å²) in [6, 6.07) is 14.5. The number of nitrogens with one attached hydrogen (secondary N) is 1. The number of benzene rings is 2. The average molecular weight is 428 g/mol. The van der Waals surface area contributed by atoms with Crippen molar-refractivity contribution < 1.29 is 14.1 Å². The molecule has 1 saturated heterocycles. The predicted molar refractivity (Wildman–Crippen MR) is 114 cm³/mol. The Morgan fingerprint density at radius 1 is 1.10 bits per heavy atom. The Morgan fingerprint density at radius 3 is 2.47 bits per heavy atom. The number of carbonyl (C=O) groups is 1. The molecule has 0 unspecified atom stereocenters. The Morgan fingerprint density at radius 2 is 1.80 bits per heavy atom. The Balaban J connectivity index is 1.28. The topological polar surface area (TPSA) is 83.7 Å². The van der Waals surface area contributed by atoms with Crippen LogP contribution in [0.5, 0.6) is 5.75 Å². The number of anilines is 1. The first-order chi connectivity index (χ1) is 14.6. The van der Waals surface area contributed by atoms with Gasteiger partial charge in [0.05, 0.1) is 13.7 Å². The maximum Gasteiger partial charge on any atom is 0.321 e. The monoisotopic (exact) mass is 427 g/mol. The molecular weight excluding hydrogens is 406 g/mol. The van der Waals surface area contributed by atoms with E-state index in [4.69, 9.17) is 20.9 Å². The van der Waals surface area contributed by atoms with E-state index in [0.717, 1.165) is 30.1 Å². The highest BCUT2D eigenvalue weighted by molar-refractivity contribution is 6.30. The van der Waals surface area contributed by atoms with Crippen LogP contribution in [0.1, 0.15) is 5.89 Å². The van der Waals surface area contributed by atoms with Gasteiger partial charge in [0.15, 0.2) is 0 Å². The third kappa shape index (κ3) is 4.90. The Kier molecular flexibility index (Phi) is 6.15. The molecule has 0 saturated carbocycles. The summed E-state index contributed by atoms with van der Waals surface area (Å²) in [5, 5.41) is 7.60. The molecule has 4 rings (SSSR count). The van der Waals surface area contributed by atoms with Gasteiger partial charge in [-0.2, -0.15) is 4.98 Å². The maximum absolute atomic E-state index is 12.4. The van der Waals surface area contributed by atoms with Crippen LogP contribution < -0.4 is 10.1 Å². The predicted octanol–water partition coefficient (Wildman–Crippen LogP) is 3.75. The molecule has 30 heavy (non-hydrogen) atoms. The number of hydrogen-bond donors (Lipinski definition) is 1. The molecule has 1 fully saturated rings. The Labute approximate surface area is 179 Å². The summed E-state index contributed by atoms with van der Waals surface area (Å²) >= 11 is 5.88. The third-order valence-corrected chi connectivity index (χ3v) is 5.18. The normalized spacial score (nSPS) is 14.5. The van der Waals surface area contributed by atoms with Gasteiger partial charge < -0.3 is 19.5 Å². The van der Waals surface area contributed by atoms with E-state index in [2.05, 4.69) is 20.4 Å². The quantitative estimate of drug-likeness (QED) is 0.667. The molecule has 9 heteroatoms. The summed E-state index contributed by atoms with van der Waals surface area (Å²) in [7, 11) is 1.63. The van der Waals surface area contributed by atoms with Crippen LogP contribution in [0.3, 0.4) is 0 Å². The lowest BCUT2D eigenvalue weighted by Crippen LogP contribution is -2.49. The van der Waals surface area contributed by atoms with Crippen molar-refractivity contribution in [3.63, 3.8) is 0 Å². The molecule has 0 bridgehead atoms. The molecule has 0 radical (unpaired) electrons. The summed E-state index contributed by atoms with van der Waals surface area (Å²) in [5.41, 5.74) is 1.60. The van der Waals surface area contributed by atoms with Gasteiger partial charge in [0.25, 0.3) is 0 Å². The number of nitrogens with zero attached hydrogens (tertiary/aromatic N) is 4. The Bertz CT molecular complexity index is 983. The van der Waals surface area contributed by atoms with Gasteiger partial charge in [-0.05, 0) is 48.5 Å². The second kappa shape index (κ2) is 9.15. The molecule has 156 valence electrons. The first kappa shape index (κ1) is 20.2. The number of urea groups is 1. The van der Waals surface area contributed by atoms with E-state index in [1.54, 1.807) is 36.3 Å². The molecule has 0 atom stereocenters. The number of aromatic nitrogens is 2. The number of rotatable bonds is 5. The van der Waals surface area contributed by atoms with Crippen LogP contribution in [0.25, 0.3) is 11.4 Å². The maximum atomic E-state index is 12.4. The second-order valence-electron chi connectivity index (χ2n) is 6.94. The van der Waals surface area contributed by atoms with Gasteiger partial charge in [-0.25, -0.2) is 4.79 Å². The fourth-order valence-corrected chi connectivity index (χ4v) is 3.34. The molecular formula is C21H22ClN5O3. The molecule has 0 aliphatic carbocycles. The molecule has 3 aromatic rings. The fourth-order valence-electron chi connectivity index (χ4n) is 3.21. The zero-order chi connectivity index (χ0) is 20.9. The fraction of sp³-hybridized carbons (Fsp3) is 0.286. The highest BCUT2D eigenvalue weighted by atomic mass is 35.5. The smallest absolute Gasteiger partial charge is 0.321 e. The first-order valence-electron chi connectivity index (χ1n) is 9.61. The molecule has 1 aromatic heterocycles. The van der Waals surface area contributed by atoms with Crippen LogP contribution in [0.4, 0.5) is 10.5 Å². The minimum atomic E-state index is -0.114. The first-order valence-corrected chi connectivity index (χ1v) is 9.99. The molecule has 2 aromatic carbocycles. The standard InChI is InChI=1S/C21H22ClN5O3/c1-29-18-8-2-15(3-9-18)20-24-19(30-25-20)14-26-10-12-27(13-11-26)21(28)23-17-6-4-16(22)5-7-17/h2-9H,10-14H2,1H3,(H,23,28). The van der Waals surface area contributed by atoms with E-state index in [1.165, 1.54) is 0 Å². The average Bonchev–Trinajstić information content (AvgIpc) is 3.24. The van der Waals surface area contributed by atoms with Crippen molar-refractivity contribution in [3.05, 3.63) is 59.4 Å². The summed E-state index contributed by atoms with van der Waals surface area (Å²) in [6.07, 6.45) is 0. The third-order valence-electron chi connectivity index (χ3n) is 4.93. The van der Waals surface area contributed by atoms with Gasteiger partial charge in [-0.1, -0.05) is 16.8 Å². The second-order valence-corrected chi connectivity index (χ2v) is 7.38. The van der Waals surface area contributed by atoms with Crippen LogP contribution in [0.2, 0.25) is 5.02 Å². The molecule has 2 heterocycles. The van der Waals surface area contributed by atoms with Gasteiger partial charge in [0.1, 0.15) is 5.75 Å². The molecule has 1 aliphatic heterocycles. The van der Waals surface area contributed by atoms with Crippen molar-refractivity contribution in [2.45, 2.75) is 6.54 Å². The summed E-state index contributed by atoms with van der Waals surface area (Å²) in [5.74, 6) is 1.88. The van der Waals surface area contributed by atoms with Gasteiger partial charge in [-0.3, -0.25) is 4.90 Å². The number of amides is 2. The van der Waals surface area contributed by atoms with Crippen molar-refractivity contribution in [2.75, 3.05) is 38.6 Å². The van der Waals surface area contributed by atoms with E-state index in [9.17, 15) is 4.79 Å². The van der Waals surface area contributed by atoms with Crippen LogP contribution >= 0.6 is 11.6 Å². The van der Waals surface area contributed by atoms with E-state index in [0.29, 0.717) is 36.4 Å². The lowest BCUT2D eigenvalue weighted by molar-refractivity contribution is 0.133. The van der Waals surface area contributed by atoms with Crippen LogP contribution in [0.15, 0.2) is 53.1 Å². The SMILES string of the molecule is COc1ccc(-c2noc(CN3CCN(C(=O)Nc4ccc(Cl)cc4)CC3)n2)cc1. The van der Waals surface area contributed by atoms with E-state index in [1.807, 2.05) is 24.3 Å². The number of carbonyl (C=O) groups excluding carboxylic acids is 1. The van der Waals surface area contributed by atoms with Crippen LogP contribution in [-0.4, -0.2) is 59.3 Å². The van der Waals surface area contributed by atoms with Gasteiger partial charge in [0.2, 0.25) is 11.7 Å². The highest BCUT2D eigenvalue weighted by Crippen LogP contribution is 2.20. The van der Waals surface area contributed by atoms with Crippen molar-refractivity contribution in [3.8, 4) is 17.1 Å². The highest BCUT2D eigenvalue weighted by Gasteiger charge is 2.22. The van der Waals surface area contributed by atoms with Crippen molar-refractivity contribution >= 4 is 23.3 Å². The number of methoxy groups -OCH3 is 1. The zero-order valence-electron chi connectivity index (χ0n) is 16.5. The number of halogens is 1. The molecule has 2 amide bonds. The van der Waals surface area contributed by atoms with Crippen LogP contribution in [0, 0.1) is 0 Å². The van der Waals surface area contributed by atoms with Crippen molar-refractivity contribution in [1.29, 1.82) is 0 Å². The lowest BCUT2D eigenvalue weighted by Gasteiger charge is -2.33. The summed E-state index contributed by atoms with van der Waals surface area (Å²) < 4.78 is 10.6. The van der Waals surface area contributed by atoms with Crippen molar-refractivity contribution in [1.82, 2.24) is 19.9 Å². The van der Waals surface area contributed by atoms with E-state index >= 15 is 0 Å². The minimum Gasteiger partial charge on any atom is -0.497 e. The molecule has 8 nitrogen and oxygen atoms in total. The molecule has 0 spiro atoms. The van der Waals surface area contributed by atoms with E-state index < -0.39 is 0 Å². The molecule has 1 aliphatic rings. The van der Waals surface area contributed by atoms with Crippen molar-refractivity contribution in [2.24, 2.45) is 0 Å². The van der Waals surface area contributed by atoms with Gasteiger partial charge in [0, 0.05) is 42.5 Å². The molecule has 1 N–H and O–H groups in total. The number of hydrogen-bond acceptors (Lipinski definition) is 6. The summed E-state index contributed by atoms with van der Waals surface area (Å²) in [6.45, 7) is 3.26. The van der Waals surface area contributed by atoms with Gasteiger partial charge >= 0.3 is 6.03 Å². The zero-order valence-corrected chi connectivity index (χ0v) is 17.3.